The van der Waals surface area contributed by atoms with E-state index in [1.807, 2.05) is 63.2 Å². The zero-order valence-corrected chi connectivity index (χ0v) is 24.6. The van der Waals surface area contributed by atoms with Crippen molar-refractivity contribution in [2.75, 3.05) is 35.0 Å². The molecule has 0 aromatic heterocycles. The maximum absolute atomic E-state index is 14.3. The zero-order valence-electron chi connectivity index (χ0n) is 24.6. The molecule has 0 saturated heterocycles. The number of fused-ring (bicyclic) bond motifs is 1. The molecule has 0 unspecified atom stereocenters. The van der Waals surface area contributed by atoms with Gasteiger partial charge in [-0.25, -0.2) is 4.99 Å². The summed E-state index contributed by atoms with van der Waals surface area (Å²) in [6, 6.07) is 18.9. The smallest absolute Gasteiger partial charge is 0.283 e. The number of aryl methyl sites for hydroxylation is 3. The molecule has 2 aliphatic rings. The summed E-state index contributed by atoms with van der Waals surface area (Å²) in [6.07, 6.45) is 0. The van der Waals surface area contributed by atoms with Crippen LogP contribution in [0.4, 0.5) is 22.7 Å². The van der Waals surface area contributed by atoms with Gasteiger partial charge in [-0.15, -0.1) is 5.10 Å². The molecule has 5 rings (SSSR count). The van der Waals surface area contributed by atoms with Gasteiger partial charge in [0.2, 0.25) is 0 Å². The molecule has 0 aliphatic carbocycles. The number of methoxy groups -OCH3 is 1. The number of nitrogens with zero attached hydrogens (tertiary/aromatic N) is 5. The van der Waals surface area contributed by atoms with Crippen LogP contribution in [-0.4, -0.2) is 43.6 Å². The average molecular weight is 550 g/mol. The van der Waals surface area contributed by atoms with Gasteiger partial charge in [0.25, 0.3) is 11.8 Å². The molecule has 8 nitrogen and oxygen atoms in total. The average Bonchev–Trinajstić information content (AvgIpc) is 3.30. The Kier molecular flexibility index (Phi) is 7.49. The Bertz CT molecular complexity index is 1610. The van der Waals surface area contributed by atoms with E-state index in [4.69, 9.17) is 9.73 Å². The Balaban J connectivity index is 1.70. The highest BCUT2D eigenvalue weighted by Gasteiger charge is 2.45. The van der Waals surface area contributed by atoms with Crippen molar-refractivity contribution < 1.29 is 14.3 Å². The summed E-state index contributed by atoms with van der Waals surface area (Å²) in [5, 5.41) is 6.02. The van der Waals surface area contributed by atoms with Crippen LogP contribution in [-0.2, 0) is 9.59 Å². The summed E-state index contributed by atoms with van der Waals surface area (Å²) in [5.74, 6) is 0.345. The van der Waals surface area contributed by atoms with Crippen LogP contribution in [0, 0.1) is 20.8 Å². The predicted molar refractivity (Wildman–Crippen MR) is 166 cm³/mol. The van der Waals surface area contributed by atoms with Crippen molar-refractivity contribution in [2.24, 2.45) is 10.1 Å². The van der Waals surface area contributed by atoms with E-state index < -0.39 is 0 Å². The van der Waals surface area contributed by atoms with E-state index in [2.05, 4.69) is 36.0 Å². The van der Waals surface area contributed by atoms with E-state index in [0.717, 1.165) is 41.2 Å². The van der Waals surface area contributed by atoms with Gasteiger partial charge < -0.3 is 9.64 Å². The lowest BCUT2D eigenvalue weighted by Crippen LogP contribution is -2.47. The normalized spacial score (nSPS) is 16.0. The lowest BCUT2D eigenvalue weighted by molar-refractivity contribution is -0.114. The number of amidine groups is 1. The van der Waals surface area contributed by atoms with Crippen molar-refractivity contribution in [2.45, 2.75) is 41.5 Å². The van der Waals surface area contributed by atoms with Crippen molar-refractivity contribution in [3.05, 3.63) is 88.5 Å². The van der Waals surface area contributed by atoms with E-state index in [9.17, 15) is 9.59 Å². The Morgan fingerprint density at radius 1 is 0.829 bits per heavy atom. The van der Waals surface area contributed by atoms with Gasteiger partial charge in [-0.2, -0.15) is 5.01 Å². The standard InChI is InChI=1S/C33H35N5O3/c1-8-36(9-2)26-18-21(4)29(22(5)19-26)34-30-23(6)28-31(35-38(32(28)39)24-13-11-10-12-14-24)37(33(30)40)25-15-16-27(41-7)20(3)17-25/h10-19H,8-9H2,1-7H3. The van der Waals surface area contributed by atoms with Crippen LogP contribution in [0.3, 0.4) is 0 Å². The number of carbonyl (C=O) groups is 2. The minimum Gasteiger partial charge on any atom is -0.496 e. The maximum atomic E-state index is 14.3. The summed E-state index contributed by atoms with van der Waals surface area (Å²) in [4.78, 5) is 36.9. The quantitative estimate of drug-likeness (QED) is 0.348. The maximum Gasteiger partial charge on any atom is 0.283 e. The van der Waals surface area contributed by atoms with Gasteiger partial charge in [0.1, 0.15) is 11.5 Å². The highest BCUT2D eigenvalue weighted by Crippen LogP contribution is 2.37. The number of aliphatic imine (C=N–C) groups is 1. The number of rotatable bonds is 7. The van der Waals surface area contributed by atoms with Gasteiger partial charge in [0, 0.05) is 18.8 Å². The summed E-state index contributed by atoms with van der Waals surface area (Å²) >= 11 is 0. The van der Waals surface area contributed by atoms with Gasteiger partial charge in [0.05, 0.1) is 29.7 Å². The number of hydrogen-bond donors (Lipinski definition) is 0. The van der Waals surface area contributed by atoms with Gasteiger partial charge in [-0.3, -0.25) is 14.5 Å². The fraction of sp³-hybridized carbons (Fsp3) is 0.273. The lowest BCUT2D eigenvalue weighted by atomic mass is 9.96. The van der Waals surface area contributed by atoms with Gasteiger partial charge in [0.15, 0.2) is 5.84 Å². The van der Waals surface area contributed by atoms with Crippen molar-refractivity contribution in [3.8, 4) is 5.75 Å². The van der Waals surface area contributed by atoms with Crippen LogP contribution in [0.1, 0.15) is 37.5 Å². The summed E-state index contributed by atoms with van der Waals surface area (Å²) < 4.78 is 5.45. The van der Waals surface area contributed by atoms with Crippen LogP contribution >= 0.6 is 0 Å². The summed E-state index contributed by atoms with van der Waals surface area (Å²) in [6.45, 7) is 13.7. The second-order valence-electron chi connectivity index (χ2n) is 10.2. The number of para-hydroxylation sites is 1. The highest BCUT2D eigenvalue weighted by atomic mass is 16.5. The van der Waals surface area contributed by atoms with Crippen molar-refractivity contribution in [3.63, 3.8) is 0 Å². The van der Waals surface area contributed by atoms with Crippen LogP contribution in [0.15, 0.2) is 81.9 Å². The predicted octanol–water partition coefficient (Wildman–Crippen LogP) is 6.26. The van der Waals surface area contributed by atoms with Crippen LogP contribution < -0.4 is 19.5 Å². The monoisotopic (exact) mass is 549 g/mol. The molecule has 0 atom stereocenters. The molecule has 41 heavy (non-hydrogen) atoms. The van der Waals surface area contributed by atoms with Gasteiger partial charge in [-0.05, 0) is 106 Å². The van der Waals surface area contributed by atoms with Crippen LogP contribution in [0.2, 0.25) is 0 Å². The Labute approximate surface area is 241 Å². The minimum atomic E-state index is -0.344. The third-order valence-corrected chi connectivity index (χ3v) is 7.64. The van der Waals surface area contributed by atoms with E-state index >= 15 is 0 Å². The molecule has 0 N–H and O–H groups in total. The number of hydrogen-bond acceptors (Lipinski definition) is 6. The molecule has 0 bridgehead atoms. The Morgan fingerprint density at radius 2 is 1.49 bits per heavy atom. The second-order valence-corrected chi connectivity index (χ2v) is 10.2. The van der Waals surface area contributed by atoms with E-state index in [-0.39, 0.29) is 23.4 Å². The third kappa shape index (κ3) is 4.79. The largest absolute Gasteiger partial charge is 0.496 e. The second kappa shape index (κ2) is 11.0. The third-order valence-electron chi connectivity index (χ3n) is 7.64. The molecule has 3 aromatic carbocycles. The first-order valence-corrected chi connectivity index (χ1v) is 13.8. The number of carbonyl (C=O) groups excluding carboxylic acids is 2. The number of benzene rings is 3. The van der Waals surface area contributed by atoms with E-state index in [1.165, 1.54) is 9.91 Å². The number of ether oxygens (including phenoxy) is 1. The molecular weight excluding hydrogens is 514 g/mol. The molecule has 2 amide bonds. The molecule has 210 valence electrons. The topological polar surface area (TPSA) is 77.8 Å². The number of hydrazone groups is 1. The van der Waals surface area contributed by atoms with Crippen molar-refractivity contribution in [1.82, 2.24) is 0 Å². The molecule has 0 radical (unpaired) electrons. The molecule has 0 saturated carbocycles. The first-order valence-electron chi connectivity index (χ1n) is 13.8. The molecule has 3 aromatic rings. The molecule has 0 fully saturated rings. The minimum absolute atomic E-state index is 0.220. The molecule has 0 spiro atoms. The van der Waals surface area contributed by atoms with E-state index in [0.29, 0.717) is 28.3 Å². The zero-order chi connectivity index (χ0) is 29.4. The highest BCUT2D eigenvalue weighted by molar-refractivity contribution is 6.61. The fourth-order valence-corrected chi connectivity index (χ4v) is 5.47. The lowest BCUT2D eigenvalue weighted by Gasteiger charge is -2.29. The van der Waals surface area contributed by atoms with Gasteiger partial charge in [-0.1, -0.05) is 18.2 Å². The Morgan fingerprint density at radius 3 is 2.07 bits per heavy atom. The number of amides is 2. The first-order chi connectivity index (χ1) is 19.7. The molecule has 2 aliphatic heterocycles. The SMILES string of the molecule is CCN(CC)c1cc(C)c(N=C2C(=O)N(c3ccc(OC)c(C)c3)C3=NN(c4ccccc4)C(=O)C3=C2C)c(C)c1. The first kappa shape index (κ1) is 27.8. The molecular formula is C33H35N5O3. The van der Waals surface area contributed by atoms with Crippen LogP contribution in [0.5, 0.6) is 5.75 Å². The summed E-state index contributed by atoms with van der Waals surface area (Å²) in [7, 11) is 1.61. The Hall–Kier alpha value is -4.72. The number of anilines is 3. The molecule has 8 heteroatoms. The molecule has 2 heterocycles. The van der Waals surface area contributed by atoms with Crippen molar-refractivity contribution >= 4 is 46.1 Å². The van der Waals surface area contributed by atoms with Crippen LogP contribution in [0.25, 0.3) is 0 Å². The van der Waals surface area contributed by atoms with E-state index in [1.54, 1.807) is 20.1 Å². The van der Waals surface area contributed by atoms with Crippen molar-refractivity contribution in [1.29, 1.82) is 0 Å². The fourth-order valence-electron chi connectivity index (χ4n) is 5.47. The van der Waals surface area contributed by atoms with Gasteiger partial charge >= 0.3 is 0 Å². The summed E-state index contributed by atoms with van der Waals surface area (Å²) in [5.41, 5.74) is 6.90.